The lowest BCUT2D eigenvalue weighted by molar-refractivity contribution is -0.142. The molecule has 17 heavy (non-hydrogen) atoms. The van der Waals surface area contributed by atoms with Crippen LogP contribution in [0.5, 0.6) is 5.75 Å². The molecular formula is C10H10F3NO3. The number of ether oxygens (including phenoxy) is 1. The van der Waals surface area contributed by atoms with E-state index in [1.54, 1.807) is 6.92 Å². The highest BCUT2D eigenvalue weighted by Crippen LogP contribution is 2.27. The number of hydrogen-bond acceptors (Lipinski definition) is 4. The van der Waals surface area contributed by atoms with Gasteiger partial charge in [-0.25, -0.2) is 13.8 Å². The van der Waals surface area contributed by atoms with Gasteiger partial charge in [-0.15, -0.1) is 0 Å². The molecule has 0 aromatic carbocycles. The van der Waals surface area contributed by atoms with Crippen molar-refractivity contribution in [2.45, 2.75) is 19.8 Å². The largest absolute Gasteiger partial charge is 0.504 e. The first-order chi connectivity index (χ1) is 7.95. The van der Waals surface area contributed by atoms with Crippen LogP contribution in [0, 0.1) is 5.95 Å². The number of rotatable bonds is 4. The number of pyridine rings is 1. The third kappa shape index (κ3) is 3.33. The summed E-state index contributed by atoms with van der Waals surface area (Å²) >= 11 is 0. The summed E-state index contributed by atoms with van der Waals surface area (Å²) in [5.74, 6) is -3.06. The maximum atomic E-state index is 12.9. The molecule has 7 heteroatoms. The number of carbonyl (C=O) groups is 1. The van der Waals surface area contributed by atoms with Crippen LogP contribution in [0.1, 0.15) is 24.6 Å². The molecule has 0 saturated heterocycles. The second kappa shape index (κ2) is 5.51. The van der Waals surface area contributed by atoms with Gasteiger partial charge in [0.15, 0.2) is 5.75 Å². The summed E-state index contributed by atoms with van der Waals surface area (Å²) in [6.07, 6.45) is -3.52. The van der Waals surface area contributed by atoms with Crippen molar-refractivity contribution in [1.82, 2.24) is 4.98 Å². The van der Waals surface area contributed by atoms with Crippen molar-refractivity contribution in [2.75, 3.05) is 6.61 Å². The van der Waals surface area contributed by atoms with Crippen LogP contribution < -0.4 is 0 Å². The monoisotopic (exact) mass is 249 g/mol. The first kappa shape index (κ1) is 13.3. The maximum Gasteiger partial charge on any atom is 0.311 e. The zero-order chi connectivity index (χ0) is 13.0. The van der Waals surface area contributed by atoms with Crippen LogP contribution in [0.15, 0.2) is 6.07 Å². The van der Waals surface area contributed by atoms with E-state index < -0.39 is 41.8 Å². The smallest absolute Gasteiger partial charge is 0.311 e. The van der Waals surface area contributed by atoms with Gasteiger partial charge in [0, 0.05) is 5.56 Å². The molecule has 4 nitrogen and oxygen atoms in total. The molecule has 0 unspecified atom stereocenters. The van der Waals surface area contributed by atoms with Crippen LogP contribution in [0.3, 0.4) is 0 Å². The molecule has 0 aliphatic carbocycles. The van der Waals surface area contributed by atoms with E-state index in [0.29, 0.717) is 6.07 Å². The first-order valence-corrected chi connectivity index (χ1v) is 4.77. The lowest BCUT2D eigenvalue weighted by atomic mass is 10.1. The lowest BCUT2D eigenvalue weighted by Crippen LogP contribution is -2.12. The van der Waals surface area contributed by atoms with Crippen molar-refractivity contribution in [3.05, 3.63) is 23.3 Å². The van der Waals surface area contributed by atoms with Crippen LogP contribution >= 0.6 is 0 Å². The van der Waals surface area contributed by atoms with Gasteiger partial charge >= 0.3 is 5.97 Å². The van der Waals surface area contributed by atoms with E-state index in [1.807, 2.05) is 0 Å². The quantitative estimate of drug-likeness (QED) is 0.654. The molecule has 0 spiro atoms. The molecule has 0 amide bonds. The fourth-order valence-electron chi connectivity index (χ4n) is 1.21. The van der Waals surface area contributed by atoms with Gasteiger partial charge in [-0.2, -0.15) is 4.39 Å². The average molecular weight is 249 g/mol. The molecule has 0 radical (unpaired) electrons. The number of aromatic hydroxyl groups is 1. The molecule has 1 N–H and O–H groups in total. The average Bonchev–Trinajstić information content (AvgIpc) is 2.23. The number of carbonyl (C=O) groups excluding carboxylic acids is 1. The summed E-state index contributed by atoms with van der Waals surface area (Å²) in [7, 11) is 0. The Hall–Kier alpha value is -1.79. The molecule has 1 aromatic heterocycles. The van der Waals surface area contributed by atoms with Crippen LogP contribution in [0.2, 0.25) is 0 Å². The predicted molar refractivity (Wildman–Crippen MR) is 51.2 cm³/mol. The number of aromatic nitrogens is 1. The van der Waals surface area contributed by atoms with Crippen molar-refractivity contribution < 1.29 is 27.8 Å². The van der Waals surface area contributed by atoms with Crippen molar-refractivity contribution in [3.63, 3.8) is 0 Å². The van der Waals surface area contributed by atoms with E-state index in [1.165, 1.54) is 0 Å². The molecular weight excluding hydrogens is 239 g/mol. The van der Waals surface area contributed by atoms with Crippen LogP contribution in [0.25, 0.3) is 0 Å². The summed E-state index contributed by atoms with van der Waals surface area (Å²) in [4.78, 5) is 14.2. The van der Waals surface area contributed by atoms with Gasteiger partial charge in [0.2, 0.25) is 0 Å². The van der Waals surface area contributed by atoms with E-state index in [9.17, 15) is 18.0 Å². The van der Waals surface area contributed by atoms with Crippen LogP contribution in [-0.4, -0.2) is 22.7 Å². The van der Waals surface area contributed by atoms with E-state index in [-0.39, 0.29) is 6.61 Å². The molecule has 0 bridgehead atoms. The third-order valence-electron chi connectivity index (χ3n) is 1.92. The molecule has 94 valence electrons. The minimum Gasteiger partial charge on any atom is -0.504 e. The van der Waals surface area contributed by atoms with Gasteiger partial charge in [0.25, 0.3) is 12.4 Å². The predicted octanol–water partition coefficient (Wildman–Crippen LogP) is 1.97. The summed E-state index contributed by atoms with van der Waals surface area (Å²) in [5, 5.41) is 8.92. The highest BCUT2D eigenvalue weighted by atomic mass is 19.3. The highest BCUT2D eigenvalue weighted by molar-refractivity contribution is 5.72. The SMILES string of the molecule is CCOC(=O)Cc1nc(F)c(O)cc1C(F)F. The first-order valence-electron chi connectivity index (χ1n) is 4.77. The maximum absolute atomic E-state index is 12.9. The molecule has 1 rings (SSSR count). The zero-order valence-corrected chi connectivity index (χ0v) is 8.91. The second-order valence-electron chi connectivity index (χ2n) is 3.12. The Morgan fingerprint density at radius 3 is 2.76 bits per heavy atom. The fourth-order valence-corrected chi connectivity index (χ4v) is 1.21. The Morgan fingerprint density at radius 2 is 2.24 bits per heavy atom. The second-order valence-corrected chi connectivity index (χ2v) is 3.12. The van der Waals surface area contributed by atoms with Crippen molar-refractivity contribution in [3.8, 4) is 5.75 Å². The number of esters is 1. The molecule has 0 atom stereocenters. The fraction of sp³-hybridized carbons (Fsp3) is 0.400. The summed E-state index contributed by atoms with van der Waals surface area (Å²) in [5.41, 5.74) is -1.12. The van der Waals surface area contributed by atoms with Crippen molar-refractivity contribution in [2.24, 2.45) is 0 Å². The summed E-state index contributed by atoms with van der Waals surface area (Å²) in [6, 6.07) is 0.557. The summed E-state index contributed by atoms with van der Waals surface area (Å²) in [6.45, 7) is 1.64. The lowest BCUT2D eigenvalue weighted by Gasteiger charge is -2.08. The van der Waals surface area contributed by atoms with Gasteiger partial charge in [-0.05, 0) is 13.0 Å². The summed E-state index contributed by atoms with van der Waals surface area (Å²) < 4.78 is 42.5. The molecule has 1 aromatic rings. The van der Waals surface area contributed by atoms with Gasteiger partial charge < -0.3 is 9.84 Å². The van der Waals surface area contributed by atoms with E-state index in [0.717, 1.165) is 0 Å². The minimum atomic E-state index is -2.96. The molecule has 1 heterocycles. The van der Waals surface area contributed by atoms with E-state index >= 15 is 0 Å². The molecule has 0 saturated carbocycles. The molecule has 0 aliphatic rings. The number of hydrogen-bond donors (Lipinski definition) is 1. The Morgan fingerprint density at radius 1 is 1.59 bits per heavy atom. The molecule has 0 aliphatic heterocycles. The van der Waals surface area contributed by atoms with Crippen molar-refractivity contribution in [1.29, 1.82) is 0 Å². The van der Waals surface area contributed by atoms with Crippen LogP contribution in [-0.2, 0) is 16.0 Å². The molecule has 0 fully saturated rings. The van der Waals surface area contributed by atoms with Gasteiger partial charge in [0.05, 0.1) is 18.7 Å². The Labute approximate surface area is 95.0 Å². The minimum absolute atomic E-state index is 0.0867. The van der Waals surface area contributed by atoms with E-state index in [4.69, 9.17) is 5.11 Å². The third-order valence-corrected chi connectivity index (χ3v) is 1.92. The topological polar surface area (TPSA) is 59.4 Å². The van der Waals surface area contributed by atoms with Crippen LogP contribution in [0.4, 0.5) is 13.2 Å². The van der Waals surface area contributed by atoms with Gasteiger partial charge in [0.1, 0.15) is 0 Å². The number of nitrogens with zero attached hydrogens (tertiary/aromatic N) is 1. The van der Waals surface area contributed by atoms with Crippen molar-refractivity contribution >= 4 is 5.97 Å². The standard InChI is InChI=1S/C10H10F3NO3/c1-2-17-8(16)4-6-5(9(11)12)3-7(15)10(13)14-6/h3,9,15H,2,4H2,1H3. The Balaban J connectivity index is 3.04. The van der Waals surface area contributed by atoms with Gasteiger partial charge in [-0.3, -0.25) is 4.79 Å². The number of alkyl halides is 2. The highest BCUT2D eigenvalue weighted by Gasteiger charge is 2.20. The Bertz CT molecular complexity index is 424. The zero-order valence-electron chi connectivity index (χ0n) is 8.91. The van der Waals surface area contributed by atoms with E-state index in [2.05, 4.69) is 9.72 Å². The normalized spacial score (nSPS) is 10.6. The number of halogens is 3. The van der Waals surface area contributed by atoms with Gasteiger partial charge in [-0.1, -0.05) is 0 Å². The Kier molecular flexibility index (Phi) is 4.30.